The lowest BCUT2D eigenvalue weighted by atomic mass is 10.2. The number of methoxy groups -OCH3 is 2. The second-order valence-corrected chi connectivity index (χ2v) is 3.88. The number of carbonyl (C=O) groups is 1. The van der Waals surface area contributed by atoms with Gasteiger partial charge in [0.05, 0.1) is 25.0 Å². The third-order valence-corrected chi connectivity index (χ3v) is 2.68. The molecule has 0 spiro atoms. The largest absolute Gasteiger partial charge is 0.465 e. The van der Waals surface area contributed by atoms with Crippen LogP contribution in [0.4, 0.5) is 0 Å². The minimum absolute atomic E-state index is 0.212. The van der Waals surface area contributed by atoms with E-state index < -0.39 is 5.97 Å². The highest BCUT2D eigenvalue weighted by molar-refractivity contribution is 5.89. The Morgan fingerprint density at radius 1 is 1.35 bits per heavy atom. The maximum Gasteiger partial charge on any atom is 0.337 e. The second kappa shape index (κ2) is 5.95. The molecule has 2 aromatic rings. The van der Waals surface area contributed by atoms with E-state index in [9.17, 15) is 4.79 Å². The standard InChI is InChI=1S/C13H12N4O3/c1-19-8-12-11(7-14)15-16-17(12)10-5-3-9(4-6-10)13(18)20-2/h3-6H,8H2,1-2H3. The molecule has 102 valence electrons. The van der Waals surface area contributed by atoms with Gasteiger partial charge in [-0.2, -0.15) is 5.26 Å². The van der Waals surface area contributed by atoms with Gasteiger partial charge in [-0.15, -0.1) is 5.10 Å². The molecule has 0 atom stereocenters. The Kier molecular flexibility index (Phi) is 4.08. The molecule has 0 unspecified atom stereocenters. The third kappa shape index (κ3) is 2.50. The van der Waals surface area contributed by atoms with Crippen LogP contribution in [0.5, 0.6) is 0 Å². The summed E-state index contributed by atoms with van der Waals surface area (Å²) in [6.07, 6.45) is 0. The van der Waals surface area contributed by atoms with Crippen LogP contribution in [0, 0.1) is 11.3 Å². The number of rotatable bonds is 4. The average Bonchev–Trinajstić information content (AvgIpc) is 2.90. The van der Waals surface area contributed by atoms with Gasteiger partial charge in [0.25, 0.3) is 0 Å². The molecule has 20 heavy (non-hydrogen) atoms. The normalized spacial score (nSPS) is 10.1. The Bertz CT molecular complexity index is 655. The lowest BCUT2D eigenvalue weighted by Gasteiger charge is -2.06. The van der Waals surface area contributed by atoms with Gasteiger partial charge in [0.15, 0.2) is 5.69 Å². The predicted octanol–water partition coefficient (Wildman–Crippen LogP) is 1.07. The van der Waals surface area contributed by atoms with E-state index in [1.807, 2.05) is 6.07 Å². The van der Waals surface area contributed by atoms with Crippen molar-refractivity contribution in [3.63, 3.8) is 0 Å². The molecule has 2 rings (SSSR count). The summed E-state index contributed by atoms with van der Waals surface area (Å²) in [6.45, 7) is 0.217. The van der Waals surface area contributed by atoms with Crippen molar-refractivity contribution in [2.75, 3.05) is 14.2 Å². The molecule has 0 aliphatic carbocycles. The van der Waals surface area contributed by atoms with Gasteiger partial charge < -0.3 is 9.47 Å². The van der Waals surface area contributed by atoms with Crippen LogP contribution >= 0.6 is 0 Å². The van der Waals surface area contributed by atoms with Crippen molar-refractivity contribution in [2.45, 2.75) is 6.61 Å². The molecule has 1 aromatic heterocycles. The SMILES string of the molecule is COCc1c(C#N)nnn1-c1ccc(C(=O)OC)cc1. The van der Waals surface area contributed by atoms with Crippen molar-refractivity contribution in [3.05, 3.63) is 41.2 Å². The van der Waals surface area contributed by atoms with Crippen LogP contribution in [0.3, 0.4) is 0 Å². The first kappa shape index (κ1) is 13.7. The molecule has 0 saturated heterocycles. The fourth-order valence-corrected chi connectivity index (χ4v) is 1.72. The molecule has 0 saturated carbocycles. The highest BCUT2D eigenvalue weighted by Gasteiger charge is 2.14. The van der Waals surface area contributed by atoms with Crippen LogP contribution in [0.15, 0.2) is 24.3 Å². The number of benzene rings is 1. The molecular weight excluding hydrogens is 260 g/mol. The van der Waals surface area contributed by atoms with E-state index in [2.05, 4.69) is 15.0 Å². The molecule has 0 amide bonds. The lowest BCUT2D eigenvalue weighted by molar-refractivity contribution is 0.0600. The number of hydrogen-bond acceptors (Lipinski definition) is 6. The molecule has 0 aliphatic heterocycles. The quantitative estimate of drug-likeness (QED) is 0.773. The van der Waals surface area contributed by atoms with E-state index >= 15 is 0 Å². The van der Waals surface area contributed by atoms with Gasteiger partial charge >= 0.3 is 5.97 Å². The molecule has 1 aromatic carbocycles. The predicted molar refractivity (Wildman–Crippen MR) is 68.1 cm³/mol. The highest BCUT2D eigenvalue weighted by atomic mass is 16.5. The van der Waals surface area contributed by atoms with Crippen molar-refractivity contribution < 1.29 is 14.3 Å². The zero-order valence-corrected chi connectivity index (χ0v) is 11.0. The minimum atomic E-state index is -0.412. The zero-order valence-electron chi connectivity index (χ0n) is 11.0. The van der Waals surface area contributed by atoms with Crippen LogP contribution in [0.1, 0.15) is 21.7 Å². The second-order valence-electron chi connectivity index (χ2n) is 3.88. The molecule has 7 nitrogen and oxygen atoms in total. The summed E-state index contributed by atoms with van der Waals surface area (Å²) in [5.41, 5.74) is 1.88. The first-order valence-corrected chi connectivity index (χ1v) is 5.73. The topological polar surface area (TPSA) is 90.0 Å². The first-order chi connectivity index (χ1) is 9.71. The number of esters is 1. The van der Waals surface area contributed by atoms with Gasteiger partial charge in [-0.3, -0.25) is 0 Å². The number of ether oxygens (including phenoxy) is 2. The minimum Gasteiger partial charge on any atom is -0.465 e. The Morgan fingerprint density at radius 3 is 2.60 bits per heavy atom. The number of hydrogen-bond donors (Lipinski definition) is 0. The number of nitrogens with zero attached hydrogens (tertiary/aromatic N) is 4. The molecule has 1 heterocycles. The van der Waals surface area contributed by atoms with E-state index in [-0.39, 0.29) is 12.3 Å². The van der Waals surface area contributed by atoms with E-state index in [0.29, 0.717) is 16.9 Å². The van der Waals surface area contributed by atoms with Crippen LogP contribution in [-0.4, -0.2) is 35.2 Å². The van der Waals surface area contributed by atoms with Gasteiger partial charge in [0, 0.05) is 7.11 Å². The zero-order chi connectivity index (χ0) is 14.5. The summed E-state index contributed by atoms with van der Waals surface area (Å²) in [6, 6.07) is 8.59. The summed E-state index contributed by atoms with van der Waals surface area (Å²) in [4.78, 5) is 11.4. The van der Waals surface area contributed by atoms with Crippen LogP contribution in [0.25, 0.3) is 5.69 Å². The van der Waals surface area contributed by atoms with Gasteiger partial charge in [-0.05, 0) is 24.3 Å². The Morgan fingerprint density at radius 2 is 2.05 bits per heavy atom. The van der Waals surface area contributed by atoms with Crippen molar-refractivity contribution in [3.8, 4) is 11.8 Å². The Labute approximate surface area is 115 Å². The number of aromatic nitrogens is 3. The van der Waals surface area contributed by atoms with Crippen molar-refractivity contribution in [1.82, 2.24) is 15.0 Å². The van der Waals surface area contributed by atoms with Crippen molar-refractivity contribution in [1.29, 1.82) is 5.26 Å². The van der Waals surface area contributed by atoms with Gasteiger partial charge in [-0.25, -0.2) is 9.48 Å². The Hall–Kier alpha value is -2.72. The fourth-order valence-electron chi connectivity index (χ4n) is 1.72. The van der Waals surface area contributed by atoms with E-state index in [1.165, 1.54) is 18.9 Å². The molecular formula is C13H12N4O3. The summed E-state index contributed by atoms with van der Waals surface area (Å²) in [5, 5.41) is 16.7. The van der Waals surface area contributed by atoms with E-state index in [1.54, 1.807) is 24.3 Å². The highest BCUT2D eigenvalue weighted by Crippen LogP contribution is 2.15. The number of nitriles is 1. The summed E-state index contributed by atoms with van der Waals surface area (Å²) in [7, 11) is 2.85. The van der Waals surface area contributed by atoms with Crippen LogP contribution < -0.4 is 0 Å². The van der Waals surface area contributed by atoms with Gasteiger partial charge in [0.1, 0.15) is 11.8 Å². The molecule has 0 aliphatic rings. The fraction of sp³-hybridized carbons (Fsp3) is 0.231. The number of carbonyl (C=O) groups excluding carboxylic acids is 1. The van der Waals surface area contributed by atoms with Gasteiger partial charge in [-0.1, -0.05) is 5.21 Å². The first-order valence-electron chi connectivity index (χ1n) is 5.73. The molecule has 7 heteroatoms. The third-order valence-electron chi connectivity index (χ3n) is 2.68. The Balaban J connectivity index is 2.39. The molecule has 0 fully saturated rings. The molecule has 0 radical (unpaired) electrons. The van der Waals surface area contributed by atoms with E-state index in [4.69, 9.17) is 10.00 Å². The summed E-state index contributed by atoms with van der Waals surface area (Å²) < 4.78 is 11.2. The maximum absolute atomic E-state index is 11.4. The monoisotopic (exact) mass is 272 g/mol. The van der Waals surface area contributed by atoms with Crippen LogP contribution in [-0.2, 0) is 16.1 Å². The average molecular weight is 272 g/mol. The molecule has 0 bridgehead atoms. The summed E-state index contributed by atoms with van der Waals surface area (Å²) >= 11 is 0. The maximum atomic E-state index is 11.4. The van der Waals surface area contributed by atoms with Gasteiger partial charge in [0.2, 0.25) is 0 Å². The van der Waals surface area contributed by atoms with Crippen molar-refractivity contribution >= 4 is 5.97 Å². The molecule has 0 N–H and O–H groups in total. The smallest absolute Gasteiger partial charge is 0.337 e. The van der Waals surface area contributed by atoms with Crippen LogP contribution in [0.2, 0.25) is 0 Å². The van der Waals surface area contributed by atoms with Crippen molar-refractivity contribution in [2.24, 2.45) is 0 Å². The van der Waals surface area contributed by atoms with E-state index in [0.717, 1.165) is 0 Å². The summed E-state index contributed by atoms with van der Waals surface area (Å²) in [5.74, 6) is -0.412. The lowest BCUT2D eigenvalue weighted by Crippen LogP contribution is -2.06.